The van der Waals surface area contributed by atoms with E-state index in [0.29, 0.717) is 11.1 Å². The van der Waals surface area contributed by atoms with Gasteiger partial charge < -0.3 is 9.30 Å². The van der Waals surface area contributed by atoms with Crippen LogP contribution < -0.4 is 0 Å². The fraction of sp³-hybridized carbons (Fsp3) is 0.190. The van der Waals surface area contributed by atoms with Gasteiger partial charge in [0.05, 0.1) is 18.2 Å². The highest BCUT2D eigenvalue weighted by Crippen LogP contribution is 2.28. The van der Waals surface area contributed by atoms with Gasteiger partial charge in [0.25, 0.3) is 0 Å². The van der Waals surface area contributed by atoms with Crippen LogP contribution in [0.3, 0.4) is 0 Å². The summed E-state index contributed by atoms with van der Waals surface area (Å²) in [7, 11) is 3.18. The summed E-state index contributed by atoms with van der Waals surface area (Å²) in [6.07, 6.45) is 0. The zero-order chi connectivity index (χ0) is 19.1. The molecule has 0 atom stereocenters. The summed E-state index contributed by atoms with van der Waals surface area (Å²) in [5, 5.41) is 8.13. The van der Waals surface area contributed by atoms with Crippen molar-refractivity contribution in [1.29, 1.82) is 0 Å². The minimum Gasteiger partial charge on any atom is -0.465 e. The van der Waals surface area contributed by atoms with Gasteiger partial charge in [0, 0.05) is 24.1 Å². The van der Waals surface area contributed by atoms with Crippen molar-refractivity contribution < 1.29 is 9.53 Å². The zero-order valence-electron chi connectivity index (χ0n) is 15.7. The maximum atomic E-state index is 12.2. The van der Waals surface area contributed by atoms with Crippen LogP contribution in [0.4, 0.5) is 0 Å². The Hall–Kier alpha value is -3.41. The molecule has 2 aromatic heterocycles. The van der Waals surface area contributed by atoms with Crippen molar-refractivity contribution >= 4 is 17.0 Å². The molecule has 0 N–H and O–H groups in total. The van der Waals surface area contributed by atoms with Crippen LogP contribution in [0.2, 0.25) is 0 Å². The molecule has 6 heteroatoms. The molecule has 4 aromatic rings. The Kier molecular flexibility index (Phi) is 4.03. The predicted molar refractivity (Wildman–Crippen MR) is 104 cm³/mol. The Morgan fingerprint density at radius 2 is 1.63 bits per heavy atom. The quantitative estimate of drug-likeness (QED) is 0.521. The molecule has 4 rings (SSSR count). The number of nitrogens with zero attached hydrogens (tertiary/aromatic N) is 4. The lowest BCUT2D eigenvalue weighted by Gasteiger charge is -2.11. The first-order chi connectivity index (χ1) is 13.0. The van der Waals surface area contributed by atoms with Crippen molar-refractivity contribution in [2.24, 2.45) is 7.05 Å². The summed E-state index contributed by atoms with van der Waals surface area (Å²) in [5.41, 5.74) is 7.16. The van der Waals surface area contributed by atoms with E-state index < -0.39 is 5.97 Å². The maximum absolute atomic E-state index is 12.2. The van der Waals surface area contributed by atoms with Crippen molar-refractivity contribution in [3.05, 3.63) is 65.5 Å². The zero-order valence-corrected chi connectivity index (χ0v) is 15.7. The van der Waals surface area contributed by atoms with E-state index in [1.807, 2.05) is 12.1 Å². The minimum absolute atomic E-state index is 0.416. The second-order valence-electron chi connectivity index (χ2n) is 6.59. The molecule has 0 aliphatic carbocycles. The number of aromatic nitrogens is 4. The van der Waals surface area contributed by atoms with E-state index in [4.69, 9.17) is 4.74 Å². The monoisotopic (exact) mass is 360 g/mol. The number of hydrogen-bond acceptors (Lipinski definition) is 4. The van der Waals surface area contributed by atoms with Gasteiger partial charge in [-0.05, 0) is 61.4 Å². The van der Waals surface area contributed by atoms with Crippen LogP contribution in [-0.4, -0.2) is 32.6 Å². The van der Waals surface area contributed by atoms with Crippen LogP contribution in [-0.2, 0) is 11.8 Å². The second kappa shape index (κ2) is 6.39. The van der Waals surface area contributed by atoms with Gasteiger partial charge in [-0.1, -0.05) is 17.3 Å². The highest BCUT2D eigenvalue weighted by Gasteiger charge is 2.17. The molecule has 0 saturated heterocycles. The van der Waals surface area contributed by atoms with Crippen molar-refractivity contribution in [3.8, 4) is 16.8 Å². The van der Waals surface area contributed by atoms with E-state index in [0.717, 1.165) is 22.3 Å². The minimum atomic E-state index is -0.419. The predicted octanol–water partition coefficient (Wildman–Crippen LogP) is 3.83. The third-order valence-electron chi connectivity index (χ3n) is 4.85. The summed E-state index contributed by atoms with van der Waals surface area (Å²) in [6.45, 7) is 4.18. The first-order valence-electron chi connectivity index (χ1n) is 8.67. The van der Waals surface area contributed by atoms with Crippen LogP contribution in [0, 0.1) is 13.8 Å². The van der Waals surface area contributed by atoms with Crippen molar-refractivity contribution in [2.75, 3.05) is 7.11 Å². The summed E-state index contributed by atoms with van der Waals surface area (Å²) >= 11 is 0. The molecule has 2 heterocycles. The summed E-state index contributed by atoms with van der Waals surface area (Å²) in [6, 6.07) is 16.3. The van der Waals surface area contributed by atoms with E-state index in [1.165, 1.54) is 18.5 Å². The smallest absolute Gasteiger partial charge is 0.340 e. The molecule has 0 amide bonds. The van der Waals surface area contributed by atoms with Gasteiger partial charge >= 0.3 is 5.97 Å². The van der Waals surface area contributed by atoms with E-state index in [-0.39, 0.29) is 0 Å². The van der Waals surface area contributed by atoms with Gasteiger partial charge in [-0.3, -0.25) is 0 Å². The maximum Gasteiger partial charge on any atom is 0.340 e. The average molecular weight is 360 g/mol. The SMILES string of the molecule is COC(=O)c1cc(-c2ccc(-n3c(C)ccc3C)cc2)cc2c1nnn2C. The molecule has 136 valence electrons. The fourth-order valence-corrected chi connectivity index (χ4v) is 3.44. The Balaban J connectivity index is 1.83. The first kappa shape index (κ1) is 17.0. The van der Waals surface area contributed by atoms with Gasteiger partial charge in [-0.2, -0.15) is 0 Å². The lowest BCUT2D eigenvalue weighted by atomic mass is 10.0. The van der Waals surface area contributed by atoms with Crippen molar-refractivity contribution in [1.82, 2.24) is 19.6 Å². The number of ether oxygens (including phenoxy) is 1. The van der Waals surface area contributed by atoms with Crippen LogP contribution in [0.15, 0.2) is 48.5 Å². The number of rotatable bonds is 3. The topological polar surface area (TPSA) is 61.9 Å². The molecule has 0 bridgehead atoms. The molecule has 0 aliphatic heterocycles. The van der Waals surface area contributed by atoms with Crippen LogP contribution in [0.1, 0.15) is 21.7 Å². The molecule has 0 aliphatic rings. The number of esters is 1. The average Bonchev–Trinajstić information content (AvgIpc) is 3.22. The second-order valence-corrected chi connectivity index (χ2v) is 6.59. The van der Waals surface area contributed by atoms with E-state index in [2.05, 4.69) is 65.1 Å². The van der Waals surface area contributed by atoms with Crippen LogP contribution in [0.5, 0.6) is 0 Å². The number of fused-ring (bicyclic) bond motifs is 1. The lowest BCUT2D eigenvalue weighted by Crippen LogP contribution is -2.03. The summed E-state index contributed by atoms with van der Waals surface area (Å²) in [5.74, 6) is -0.419. The van der Waals surface area contributed by atoms with Crippen molar-refractivity contribution in [2.45, 2.75) is 13.8 Å². The number of benzene rings is 2. The number of methoxy groups -OCH3 is 1. The number of aryl methyl sites for hydroxylation is 3. The standard InChI is InChI=1S/C21H20N4O2/c1-13-5-6-14(2)25(13)17-9-7-15(8-10-17)16-11-18(21(26)27-4)20-19(12-16)24(3)23-22-20/h5-12H,1-4H3. The molecule has 0 saturated carbocycles. The van der Waals surface area contributed by atoms with E-state index in [9.17, 15) is 4.79 Å². The highest BCUT2D eigenvalue weighted by atomic mass is 16.5. The Morgan fingerprint density at radius 3 is 2.26 bits per heavy atom. The van der Waals surface area contributed by atoms with Gasteiger partial charge in [0.2, 0.25) is 0 Å². The van der Waals surface area contributed by atoms with E-state index >= 15 is 0 Å². The summed E-state index contributed by atoms with van der Waals surface area (Å²) < 4.78 is 8.78. The molecule has 0 unspecified atom stereocenters. The van der Waals surface area contributed by atoms with Crippen LogP contribution >= 0.6 is 0 Å². The molecule has 6 nitrogen and oxygen atoms in total. The lowest BCUT2D eigenvalue weighted by molar-refractivity contribution is 0.0603. The molecule has 0 radical (unpaired) electrons. The van der Waals surface area contributed by atoms with Gasteiger partial charge in [0.1, 0.15) is 5.52 Å². The Bertz CT molecular complexity index is 1130. The molecule has 2 aromatic carbocycles. The van der Waals surface area contributed by atoms with Crippen molar-refractivity contribution in [3.63, 3.8) is 0 Å². The Labute approximate surface area is 157 Å². The number of carbonyl (C=O) groups excluding carboxylic acids is 1. The molecule has 0 fully saturated rings. The first-order valence-corrected chi connectivity index (χ1v) is 8.67. The van der Waals surface area contributed by atoms with Gasteiger partial charge in [-0.15, -0.1) is 5.10 Å². The largest absolute Gasteiger partial charge is 0.465 e. The molecule has 0 spiro atoms. The highest BCUT2D eigenvalue weighted by molar-refractivity contribution is 6.03. The normalized spacial score (nSPS) is 11.1. The number of carbonyl (C=O) groups is 1. The molecular weight excluding hydrogens is 340 g/mol. The third-order valence-corrected chi connectivity index (χ3v) is 4.85. The third kappa shape index (κ3) is 2.79. The fourth-order valence-electron chi connectivity index (χ4n) is 3.44. The van der Waals surface area contributed by atoms with E-state index in [1.54, 1.807) is 11.7 Å². The molecular formula is C21H20N4O2. The van der Waals surface area contributed by atoms with Gasteiger partial charge in [-0.25, -0.2) is 9.48 Å². The van der Waals surface area contributed by atoms with Crippen LogP contribution in [0.25, 0.3) is 27.8 Å². The Morgan fingerprint density at radius 1 is 0.963 bits per heavy atom. The van der Waals surface area contributed by atoms with Gasteiger partial charge in [0.15, 0.2) is 0 Å². The number of hydrogen-bond donors (Lipinski definition) is 0. The summed E-state index contributed by atoms with van der Waals surface area (Å²) in [4.78, 5) is 12.2. The molecule has 27 heavy (non-hydrogen) atoms.